The van der Waals surface area contributed by atoms with Crippen LogP contribution in [0.5, 0.6) is 0 Å². The van der Waals surface area contributed by atoms with Crippen molar-refractivity contribution in [1.29, 1.82) is 5.26 Å². The van der Waals surface area contributed by atoms with E-state index in [1.165, 1.54) is 0 Å². The van der Waals surface area contributed by atoms with Gasteiger partial charge in [0.25, 0.3) is 0 Å². The van der Waals surface area contributed by atoms with Crippen molar-refractivity contribution in [1.82, 2.24) is 19.7 Å². The maximum absolute atomic E-state index is 9.64. The predicted molar refractivity (Wildman–Crippen MR) is 105 cm³/mol. The molecule has 7 nitrogen and oxygen atoms in total. The number of nitriles is 1. The van der Waals surface area contributed by atoms with E-state index in [0.717, 1.165) is 27.9 Å². The summed E-state index contributed by atoms with van der Waals surface area (Å²) in [5.41, 5.74) is 10.1. The maximum atomic E-state index is 9.64. The van der Waals surface area contributed by atoms with E-state index in [9.17, 15) is 10.4 Å². The highest BCUT2D eigenvalue weighted by Gasteiger charge is 2.14. The van der Waals surface area contributed by atoms with Gasteiger partial charge in [0.15, 0.2) is 5.82 Å². The van der Waals surface area contributed by atoms with Crippen LogP contribution >= 0.6 is 0 Å². The lowest BCUT2D eigenvalue weighted by atomic mass is 10.0. The molecule has 3 aromatic heterocycles. The summed E-state index contributed by atoms with van der Waals surface area (Å²) in [5.74, 6) is 0.569. The van der Waals surface area contributed by atoms with E-state index in [0.29, 0.717) is 17.1 Å². The Morgan fingerprint density at radius 1 is 1.18 bits per heavy atom. The van der Waals surface area contributed by atoms with E-state index in [1.54, 1.807) is 29.1 Å². The Morgan fingerprint density at radius 3 is 2.75 bits per heavy atom. The summed E-state index contributed by atoms with van der Waals surface area (Å²) in [7, 11) is 0. The molecule has 0 aliphatic carbocycles. The molecule has 1 unspecified atom stereocenters. The zero-order valence-corrected chi connectivity index (χ0v) is 15.2. The largest absolute Gasteiger partial charge is 0.390 e. The quantitative estimate of drug-likeness (QED) is 0.571. The Morgan fingerprint density at radius 2 is 2.00 bits per heavy atom. The third-order valence-electron chi connectivity index (χ3n) is 4.51. The van der Waals surface area contributed by atoms with Gasteiger partial charge < -0.3 is 10.8 Å². The average molecular weight is 370 g/mol. The van der Waals surface area contributed by atoms with Crippen LogP contribution in [0.4, 0.5) is 0 Å². The minimum absolute atomic E-state index is 0.157. The molecule has 0 aliphatic heterocycles. The van der Waals surface area contributed by atoms with Gasteiger partial charge in [-0.2, -0.15) is 10.4 Å². The van der Waals surface area contributed by atoms with Crippen LogP contribution in [-0.2, 0) is 6.61 Å². The van der Waals surface area contributed by atoms with Crippen LogP contribution < -0.4 is 5.73 Å². The van der Waals surface area contributed by atoms with E-state index in [1.807, 2.05) is 37.3 Å². The summed E-state index contributed by atoms with van der Waals surface area (Å²) < 4.78 is 1.66. The summed E-state index contributed by atoms with van der Waals surface area (Å²) in [6.07, 6.45) is 1.65. The second-order valence-electron chi connectivity index (χ2n) is 6.51. The molecule has 28 heavy (non-hydrogen) atoms. The molecular weight excluding hydrogens is 352 g/mol. The number of aliphatic hydroxyl groups is 1. The molecule has 0 fully saturated rings. The van der Waals surface area contributed by atoms with Gasteiger partial charge in [-0.1, -0.05) is 12.1 Å². The molecule has 0 bridgehead atoms. The third kappa shape index (κ3) is 3.11. The van der Waals surface area contributed by atoms with Gasteiger partial charge in [0.2, 0.25) is 0 Å². The molecule has 0 aliphatic rings. The molecule has 1 atom stereocenters. The van der Waals surface area contributed by atoms with Crippen molar-refractivity contribution in [2.24, 2.45) is 5.73 Å². The lowest BCUT2D eigenvalue weighted by molar-refractivity contribution is 0.276. The summed E-state index contributed by atoms with van der Waals surface area (Å²) in [6.45, 7) is 1.72. The molecule has 0 radical (unpaired) electrons. The van der Waals surface area contributed by atoms with Gasteiger partial charge in [0, 0.05) is 17.0 Å². The number of pyridine rings is 2. The summed E-state index contributed by atoms with van der Waals surface area (Å²) in [6, 6.07) is 16.8. The monoisotopic (exact) mass is 370 g/mol. The van der Waals surface area contributed by atoms with Crippen LogP contribution in [0.25, 0.3) is 28.0 Å². The number of rotatable bonds is 4. The lowest BCUT2D eigenvalue weighted by Crippen LogP contribution is -2.07. The first-order chi connectivity index (χ1) is 13.6. The molecule has 3 N–H and O–H groups in total. The van der Waals surface area contributed by atoms with E-state index in [2.05, 4.69) is 21.1 Å². The third-order valence-corrected chi connectivity index (χ3v) is 4.51. The number of hydrogen-bond donors (Lipinski definition) is 2. The lowest BCUT2D eigenvalue weighted by Gasteiger charge is -2.09. The Labute approximate surface area is 161 Å². The zero-order valence-electron chi connectivity index (χ0n) is 15.2. The first-order valence-corrected chi connectivity index (χ1v) is 8.82. The Hall–Kier alpha value is -3.60. The van der Waals surface area contributed by atoms with Gasteiger partial charge in [-0.15, -0.1) is 0 Å². The molecule has 0 amide bonds. The van der Waals surface area contributed by atoms with E-state index < -0.39 is 0 Å². The Kier molecular flexibility index (Phi) is 4.57. The van der Waals surface area contributed by atoms with Crippen molar-refractivity contribution in [2.75, 3.05) is 0 Å². The van der Waals surface area contributed by atoms with Crippen molar-refractivity contribution in [3.63, 3.8) is 0 Å². The van der Waals surface area contributed by atoms with E-state index >= 15 is 0 Å². The smallest absolute Gasteiger partial charge is 0.154 e. The molecule has 1 aromatic carbocycles. The van der Waals surface area contributed by atoms with Gasteiger partial charge >= 0.3 is 0 Å². The van der Waals surface area contributed by atoms with Crippen LogP contribution in [0.1, 0.15) is 29.9 Å². The number of nitrogens with zero attached hydrogens (tertiary/aromatic N) is 5. The van der Waals surface area contributed by atoms with Gasteiger partial charge in [-0.3, -0.25) is 4.98 Å². The Bertz CT molecular complexity index is 1210. The molecule has 4 rings (SSSR count). The molecule has 138 valence electrons. The van der Waals surface area contributed by atoms with Crippen molar-refractivity contribution < 1.29 is 5.11 Å². The number of benzene rings is 1. The molecule has 7 heteroatoms. The molecule has 0 saturated heterocycles. The highest BCUT2D eigenvalue weighted by atomic mass is 16.3. The topological polar surface area (TPSA) is 114 Å². The summed E-state index contributed by atoms with van der Waals surface area (Å²) >= 11 is 0. The van der Waals surface area contributed by atoms with Crippen molar-refractivity contribution >= 4 is 10.9 Å². The standard InChI is InChI=1S/C21H18N6O/c1-13(23)18-5-3-6-19(26-18)14-8-15(10-22)17-11-24-27(20(17)9-14)21-7-2-4-16(12-28)25-21/h2-9,11,13,28H,12,23H2,1H3. The van der Waals surface area contributed by atoms with Gasteiger partial charge in [0.05, 0.1) is 47.0 Å². The molecular formula is C21H18N6O. The highest BCUT2D eigenvalue weighted by Crippen LogP contribution is 2.28. The molecule has 0 saturated carbocycles. The highest BCUT2D eigenvalue weighted by molar-refractivity contribution is 5.90. The Balaban J connectivity index is 1.93. The minimum atomic E-state index is -0.185. The van der Waals surface area contributed by atoms with Gasteiger partial charge in [0.1, 0.15) is 0 Å². The number of fused-ring (bicyclic) bond motifs is 1. The fraction of sp³-hybridized carbons (Fsp3) is 0.143. The number of nitrogens with two attached hydrogens (primary N) is 1. The fourth-order valence-electron chi connectivity index (χ4n) is 3.09. The van der Waals surface area contributed by atoms with Crippen molar-refractivity contribution in [3.05, 3.63) is 71.7 Å². The average Bonchev–Trinajstić information content (AvgIpc) is 3.17. The summed E-state index contributed by atoms with van der Waals surface area (Å²) in [4.78, 5) is 9.04. The van der Waals surface area contributed by atoms with Crippen LogP contribution in [0.3, 0.4) is 0 Å². The normalized spacial score (nSPS) is 12.1. The number of aromatic nitrogens is 4. The molecule has 3 heterocycles. The predicted octanol–water partition coefficient (Wildman–Crippen LogP) is 2.87. The number of hydrogen-bond acceptors (Lipinski definition) is 6. The summed E-state index contributed by atoms with van der Waals surface area (Å²) in [5, 5.41) is 24.1. The van der Waals surface area contributed by atoms with Crippen LogP contribution in [-0.4, -0.2) is 24.9 Å². The van der Waals surface area contributed by atoms with Crippen molar-refractivity contribution in [3.8, 4) is 23.1 Å². The van der Waals surface area contributed by atoms with Gasteiger partial charge in [-0.25, -0.2) is 9.67 Å². The second-order valence-corrected chi connectivity index (χ2v) is 6.51. The van der Waals surface area contributed by atoms with Crippen LogP contribution in [0.2, 0.25) is 0 Å². The molecule has 4 aromatic rings. The first-order valence-electron chi connectivity index (χ1n) is 8.82. The SMILES string of the molecule is CC(N)c1cccc(-c2cc(C#N)c3cnn(-c4cccc(CO)n4)c3c2)n1. The fourth-order valence-corrected chi connectivity index (χ4v) is 3.09. The zero-order chi connectivity index (χ0) is 19.7. The van der Waals surface area contributed by atoms with Crippen molar-refractivity contribution in [2.45, 2.75) is 19.6 Å². The van der Waals surface area contributed by atoms with E-state index in [4.69, 9.17) is 5.73 Å². The second kappa shape index (κ2) is 7.19. The van der Waals surface area contributed by atoms with Crippen LogP contribution in [0, 0.1) is 11.3 Å². The minimum Gasteiger partial charge on any atom is -0.390 e. The van der Waals surface area contributed by atoms with E-state index in [-0.39, 0.29) is 12.6 Å². The van der Waals surface area contributed by atoms with Crippen LogP contribution in [0.15, 0.2) is 54.7 Å². The van der Waals surface area contributed by atoms with Gasteiger partial charge in [-0.05, 0) is 43.3 Å². The maximum Gasteiger partial charge on any atom is 0.154 e. The molecule has 0 spiro atoms. The number of aliphatic hydroxyl groups excluding tert-OH is 1. The first kappa shape index (κ1) is 17.8.